The average Bonchev–Trinajstić information content (AvgIpc) is 2.02. The molecule has 0 saturated heterocycles. The first kappa shape index (κ1) is 13.7. The van der Waals surface area contributed by atoms with Crippen LogP contribution in [0.2, 0.25) is 0 Å². The zero-order valence-electron chi connectivity index (χ0n) is 10.3. The Balaban J connectivity index is 4.01. The molecule has 0 bridgehead atoms. The van der Waals surface area contributed by atoms with Crippen LogP contribution in [-0.4, -0.2) is 6.17 Å². The summed E-state index contributed by atoms with van der Waals surface area (Å²) in [6.07, 6.45) is 1.28. The van der Waals surface area contributed by atoms with Gasteiger partial charge in [-0.15, -0.1) is 0 Å². The maximum atomic E-state index is 13.2. The second-order valence-electron chi connectivity index (χ2n) is 4.93. The second-order valence-corrected chi connectivity index (χ2v) is 4.93. The highest BCUT2D eigenvalue weighted by Crippen LogP contribution is 2.26. The third-order valence-corrected chi connectivity index (χ3v) is 3.26. The normalized spacial score (nSPS) is 17.9. The molecule has 0 saturated carbocycles. The standard InChI is InChI=1S/C13H25F/c1-9(2)11(5)7-8-13(10(3)4)12(6)14/h9,11-13H,3,7-8H2,1-2,4-6H3. The molecule has 0 heterocycles. The molecule has 0 nitrogen and oxygen atoms in total. The van der Waals surface area contributed by atoms with Crippen LogP contribution in [0.25, 0.3) is 0 Å². The fourth-order valence-corrected chi connectivity index (χ4v) is 1.64. The smallest absolute Gasteiger partial charge is 0.104 e. The van der Waals surface area contributed by atoms with Gasteiger partial charge in [-0.2, -0.15) is 0 Å². The Kier molecular flexibility index (Phi) is 6.06. The predicted molar refractivity (Wildman–Crippen MR) is 62.1 cm³/mol. The summed E-state index contributed by atoms with van der Waals surface area (Å²) in [5, 5.41) is 0. The molecule has 3 unspecified atom stereocenters. The summed E-state index contributed by atoms with van der Waals surface area (Å²) in [4.78, 5) is 0. The molecule has 0 rings (SSSR count). The zero-order valence-corrected chi connectivity index (χ0v) is 10.3. The first-order valence-corrected chi connectivity index (χ1v) is 5.65. The Morgan fingerprint density at radius 1 is 1.14 bits per heavy atom. The largest absolute Gasteiger partial charge is 0.247 e. The second kappa shape index (κ2) is 6.21. The van der Waals surface area contributed by atoms with E-state index in [2.05, 4.69) is 27.4 Å². The summed E-state index contributed by atoms with van der Waals surface area (Å²) in [7, 11) is 0. The maximum Gasteiger partial charge on any atom is 0.104 e. The Bertz CT molecular complexity index is 170. The summed E-state index contributed by atoms with van der Waals surface area (Å²) < 4.78 is 13.2. The van der Waals surface area contributed by atoms with E-state index in [1.807, 2.05) is 6.92 Å². The number of allylic oxidation sites excluding steroid dienone is 1. The number of rotatable bonds is 6. The van der Waals surface area contributed by atoms with E-state index in [0.717, 1.165) is 18.4 Å². The van der Waals surface area contributed by atoms with Gasteiger partial charge in [-0.3, -0.25) is 0 Å². The van der Waals surface area contributed by atoms with E-state index in [-0.39, 0.29) is 5.92 Å². The highest BCUT2D eigenvalue weighted by Gasteiger charge is 2.18. The molecule has 0 radical (unpaired) electrons. The van der Waals surface area contributed by atoms with Gasteiger partial charge in [0.1, 0.15) is 6.17 Å². The molecule has 0 amide bonds. The van der Waals surface area contributed by atoms with Gasteiger partial charge in [0.25, 0.3) is 0 Å². The number of alkyl halides is 1. The molecule has 14 heavy (non-hydrogen) atoms. The SMILES string of the molecule is C=C(C)C(CCC(C)C(C)C)C(C)F. The van der Waals surface area contributed by atoms with Crippen molar-refractivity contribution in [3.05, 3.63) is 12.2 Å². The van der Waals surface area contributed by atoms with Crippen LogP contribution in [-0.2, 0) is 0 Å². The molecule has 0 aromatic rings. The molecule has 0 aromatic carbocycles. The van der Waals surface area contributed by atoms with Gasteiger partial charge < -0.3 is 0 Å². The van der Waals surface area contributed by atoms with E-state index in [0.29, 0.717) is 11.8 Å². The van der Waals surface area contributed by atoms with Crippen molar-refractivity contribution in [2.24, 2.45) is 17.8 Å². The summed E-state index contributed by atoms with van der Waals surface area (Å²) in [6.45, 7) is 14.1. The Morgan fingerprint density at radius 2 is 1.64 bits per heavy atom. The molecular formula is C13H25F. The molecule has 0 aliphatic carbocycles. The third-order valence-electron chi connectivity index (χ3n) is 3.26. The van der Waals surface area contributed by atoms with E-state index in [9.17, 15) is 4.39 Å². The van der Waals surface area contributed by atoms with Crippen molar-refractivity contribution in [2.45, 2.75) is 53.6 Å². The highest BCUT2D eigenvalue weighted by molar-refractivity contribution is 4.98. The Labute approximate surface area is 88.6 Å². The van der Waals surface area contributed by atoms with Crippen molar-refractivity contribution in [3.8, 4) is 0 Å². The molecule has 0 aliphatic rings. The van der Waals surface area contributed by atoms with Gasteiger partial charge in [0.2, 0.25) is 0 Å². The van der Waals surface area contributed by atoms with Gasteiger partial charge in [0, 0.05) is 5.92 Å². The van der Waals surface area contributed by atoms with E-state index in [1.54, 1.807) is 6.92 Å². The molecule has 3 atom stereocenters. The monoisotopic (exact) mass is 200 g/mol. The molecule has 1 heteroatoms. The van der Waals surface area contributed by atoms with Crippen LogP contribution in [0.5, 0.6) is 0 Å². The lowest BCUT2D eigenvalue weighted by Gasteiger charge is -2.22. The van der Waals surface area contributed by atoms with Crippen LogP contribution in [0.4, 0.5) is 4.39 Å². The quantitative estimate of drug-likeness (QED) is 0.549. The minimum atomic E-state index is -0.758. The van der Waals surface area contributed by atoms with Crippen LogP contribution in [0.15, 0.2) is 12.2 Å². The molecule has 0 aromatic heterocycles. The van der Waals surface area contributed by atoms with Crippen molar-refractivity contribution in [1.29, 1.82) is 0 Å². The van der Waals surface area contributed by atoms with Gasteiger partial charge in [-0.05, 0) is 38.5 Å². The molecule has 0 N–H and O–H groups in total. The van der Waals surface area contributed by atoms with Gasteiger partial charge >= 0.3 is 0 Å². The summed E-state index contributed by atoms with van der Waals surface area (Å²) >= 11 is 0. The van der Waals surface area contributed by atoms with Crippen molar-refractivity contribution in [2.75, 3.05) is 0 Å². The molecular weight excluding hydrogens is 175 g/mol. The fourth-order valence-electron chi connectivity index (χ4n) is 1.64. The van der Waals surface area contributed by atoms with Crippen LogP contribution >= 0.6 is 0 Å². The molecule has 0 spiro atoms. The predicted octanol–water partition coefficient (Wildman–Crippen LogP) is 4.61. The molecule has 0 fully saturated rings. The van der Waals surface area contributed by atoms with Gasteiger partial charge in [0.15, 0.2) is 0 Å². The highest BCUT2D eigenvalue weighted by atomic mass is 19.1. The summed E-state index contributed by atoms with van der Waals surface area (Å²) in [5.74, 6) is 1.42. The minimum absolute atomic E-state index is 0.0520. The number of hydrogen-bond donors (Lipinski definition) is 0. The Morgan fingerprint density at radius 3 is 1.93 bits per heavy atom. The van der Waals surface area contributed by atoms with Crippen molar-refractivity contribution in [1.82, 2.24) is 0 Å². The zero-order chi connectivity index (χ0) is 11.3. The van der Waals surface area contributed by atoms with Crippen LogP contribution in [0.3, 0.4) is 0 Å². The van der Waals surface area contributed by atoms with Crippen molar-refractivity contribution >= 4 is 0 Å². The van der Waals surface area contributed by atoms with E-state index in [4.69, 9.17) is 0 Å². The van der Waals surface area contributed by atoms with Crippen LogP contribution < -0.4 is 0 Å². The van der Waals surface area contributed by atoms with E-state index in [1.165, 1.54) is 0 Å². The molecule has 84 valence electrons. The minimum Gasteiger partial charge on any atom is -0.247 e. The van der Waals surface area contributed by atoms with Crippen LogP contribution in [0.1, 0.15) is 47.5 Å². The fraction of sp³-hybridized carbons (Fsp3) is 0.846. The van der Waals surface area contributed by atoms with Crippen LogP contribution in [0, 0.1) is 17.8 Å². The van der Waals surface area contributed by atoms with Gasteiger partial charge in [0.05, 0.1) is 0 Å². The van der Waals surface area contributed by atoms with E-state index >= 15 is 0 Å². The average molecular weight is 200 g/mol. The van der Waals surface area contributed by atoms with Crippen molar-refractivity contribution < 1.29 is 4.39 Å². The lowest BCUT2D eigenvalue weighted by molar-refractivity contribution is 0.245. The van der Waals surface area contributed by atoms with E-state index < -0.39 is 6.17 Å². The van der Waals surface area contributed by atoms with Gasteiger partial charge in [-0.25, -0.2) is 4.39 Å². The number of hydrogen-bond acceptors (Lipinski definition) is 0. The Hall–Kier alpha value is -0.330. The lowest BCUT2D eigenvalue weighted by atomic mass is 9.85. The van der Waals surface area contributed by atoms with Gasteiger partial charge in [-0.1, -0.05) is 32.9 Å². The lowest BCUT2D eigenvalue weighted by Crippen LogP contribution is -2.16. The summed E-state index contributed by atoms with van der Waals surface area (Å²) in [6, 6.07) is 0. The third kappa shape index (κ3) is 4.78. The first-order chi connectivity index (χ1) is 6.36. The molecule has 0 aliphatic heterocycles. The van der Waals surface area contributed by atoms with Crippen molar-refractivity contribution in [3.63, 3.8) is 0 Å². The summed E-state index contributed by atoms with van der Waals surface area (Å²) in [5.41, 5.74) is 0.982. The number of halogens is 1. The topological polar surface area (TPSA) is 0 Å². The maximum absolute atomic E-state index is 13.2. The first-order valence-electron chi connectivity index (χ1n) is 5.65.